The minimum Gasteiger partial charge on any atom is -0.409 e. The molecular formula is C32H38N6O2. The zero-order valence-corrected chi connectivity index (χ0v) is 23.7. The molecule has 0 bridgehead atoms. The number of hydrogen-bond donors (Lipinski definition) is 4. The van der Waals surface area contributed by atoms with Crippen LogP contribution in [0.4, 0.5) is 0 Å². The summed E-state index contributed by atoms with van der Waals surface area (Å²) in [5, 5.41) is 22.6. The van der Waals surface area contributed by atoms with Crippen LogP contribution in [0.2, 0.25) is 0 Å². The SMILES string of the molecule is CN[C@@H]1CCc2c(-c3noc(Cc4ccc(C)c(C)c4)n3)cccc21.CN[C@@H]1CCc2c(C(N)=NO)cccc21. The van der Waals surface area contributed by atoms with Crippen molar-refractivity contribution >= 4 is 5.84 Å². The van der Waals surface area contributed by atoms with Gasteiger partial charge in [0, 0.05) is 23.2 Å². The summed E-state index contributed by atoms with van der Waals surface area (Å²) in [6.45, 7) is 4.25. The minimum atomic E-state index is 0.198. The van der Waals surface area contributed by atoms with Gasteiger partial charge in [-0.25, -0.2) is 0 Å². The van der Waals surface area contributed by atoms with Crippen molar-refractivity contribution in [2.75, 3.05) is 14.1 Å². The Bertz CT molecular complexity index is 1530. The lowest BCUT2D eigenvalue weighted by atomic mass is 10.0. The third-order valence-electron chi connectivity index (χ3n) is 8.26. The molecule has 4 aromatic rings. The van der Waals surface area contributed by atoms with E-state index in [9.17, 15) is 0 Å². The number of hydrogen-bond acceptors (Lipinski definition) is 7. The molecule has 0 amide bonds. The zero-order valence-electron chi connectivity index (χ0n) is 23.7. The second kappa shape index (κ2) is 12.0. The molecule has 1 heterocycles. The van der Waals surface area contributed by atoms with Gasteiger partial charge in [-0.15, -0.1) is 0 Å². The van der Waals surface area contributed by atoms with Crippen molar-refractivity contribution in [3.05, 3.63) is 105 Å². The summed E-state index contributed by atoms with van der Waals surface area (Å²) in [5.41, 5.74) is 16.6. The van der Waals surface area contributed by atoms with Crippen LogP contribution in [0, 0.1) is 13.8 Å². The van der Waals surface area contributed by atoms with Crippen molar-refractivity contribution in [1.29, 1.82) is 0 Å². The first-order chi connectivity index (χ1) is 19.4. The van der Waals surface area contributed by atoms with Gasteiger partial charge in [0.05, 0.1) is 6.42 Å². The van der Waals surface area contributed by atoms with Gasteiger partial charge in [-0.2, -0.15) is 4.98 Å². The monoisotopic (exact) mass is 538 g/mol. The number of nitrogens with one attached hydrogen (secondary N) is 2. The fourth-order valence-electron chi connectivity index (χ4n) is 5.94. The van der Waals surface area contributed by atoms with Crippen LogP contribution in [0.25, 0.3) is 11.4 Å². The van der Waals surface area contributed by atoms with E-state index in [1.54, 1.807) is 0 Å². The Hall–Kier alpha value is -4.01. The van der Waals surface area contributed by atoms with Crippen LogP contribution in [-0.4, -0.2) is 35.3 Å². The predicted molar refractivity (Wildman–Crippen MR) is 158 cm³/mol. The first-order valence-corrected chi connectivity index (χ1v) is 13.9. The minimum absolute atomic E-state index is 0.198. The van der Waals surface area contributed by atoms with Crippen LogP contribution in [0.1, 0.15) is 75.3 Å². The number of nitrogens with two attached hydrogens (primary N) is 1. The van der Waals surface area contributed by atoms with Crippen molar-refractivity contribution in [2.45, 2.75) is 58.0 Å². The van der Waals surface area contributed by atoms with Crippen molar-refractivity contribution in [2.24, 2.45) is 10.9 Å². The van der Waals surface area contributed by atoms with Gasteiger partial charge < -0.3 is 26.1 Å². The van der Waals surface area contributed by atoms with Gasteiger partial charge in [0.15, 0.2) is 5.84 Å². The van der Waals surface area contributed by atoms with Gasteiger partial charge in [-0.3, -0.25) is 0 Å². The van der Waals surface area contributed by atoms with Crippen LogP contribution in [0.15, 0.2) is 64.3 Å². The second-order valence-corrected chi connectivity index (χ2v) is 10.6. The molecule has 8 nitrogen and oxygen atoms in total. The summed E-state index contributed by atoms with van der Waals surface area (Å²) in [6, 6.07) is 19.6. The molecule has 2 atom stereocenters. The summed E-state index contributed by atoms with van der Waals surface area (Å²) >= 11 is 0. The summed E-state index contributed by atoms with van der Waals surface area (Å²) in [5.74, 6) is 1.56. The summed E-state index contributed by atoms with van der Waals surface area (Å²) in [4.78, 5) is 4.66. The van der Waals surface area contributed by atoms with Crippen LogP contribution < -0.4 is 16.4 Å². The van der Waals surface area contributed by atoms with Gasteiger partial charge in [-0.05, 0) is 92.6 Å². The Balaban J connectivity index is 0.000000184. The predicted octanol–water partition coefficient (Wildman–Crippen LogP) is 5.14. The largest absolute Gasteiger partial charge is 0.409 e. The number of aromatic nitrogens is 2. The topological polar surface area (TPSA) is 122 Å². The van der Waals surface area contributed by atoms with E-state index in [0.717, 1.165) is 36.8 Å². The van der Waals surface area contributed by atoms with Crippen LogP contribution in [0.3, 0.4) is 0 Å². The fourth-order valence-corrected chi connectivity index (χ4v) is 5.94. The Kier molecular flexibility index (Phi) is 8.28. The molecule has 5 N–H and O–H groups in total. The van der Waals surface area contributed by atoms with Crippen molar-refractivity contribution in [1.82, 2.24) is 20.8 Å². The van der Waals surface area contributed by atoms with Crippen LogP contribution >= 0.6 is 0 Å². The first-order valence-electron chi connectivity index (χ1n) is 13.9. The van der Waals surface area contributed by atoms with E-state index in [2.05, 4.69) is 82.2 Å². The Morgan fingerprint density at radius 3 is 2.30 bits per heavy atom. The number of aryl methyl sites for hydroxylation is 2. The molecule has 2 aliphatic rings. The van der Waals surface area contributed by atoms with E-state index in [4.69, 9.17) is 15.5 Å². The van der Waals surface area contributed by atoms with E-state index in [1.165, 1.54) is 38.9 Å². The average molecular weight is 539 g/mol. The standard InChI is InChI=1S/C21H23N3O.C11H15N3O/c1-13-7-8-15(11-14(13)2)12-20-23-21(24-25-20)18-6-4-5-17-16(18)9-10-19(17)22-3;1-13-10-6-5-7-8(10)3-2-4-9(7)11(12)14-15/h4-8,11,19,22H,9-10,12H2,1-3H3;2-4,10,13,15H,5-6H2,1H3,(H2,12,14)/t19-;10-/m11/s1. The number of benzene rings is 3. The van der Waals surface area contributed by atoms with Crippen molar-refractivity contribution < 1.29 is 9.73 Å². The molecule has 40 heavy (non-hydrogen) atoms. The van der Waals surface area contributed by atoms with Gasteiger partial charge in [0.1, 0.15) is 0 Å². The lowest BCUT2D eigenvalue weighted by Gasteiger charge is -2.11. The summed E-state index contributed by atoms with van der Waals surface area (Å²) < 4.78 is 5.53. The smallest absolute Gasteiger partial charge is 0.231 e. The highest BCUT2D eigenvalue weighted by Crippen LogP contribution is 2.37. The Morgan fingerprint density at radius 2 is 1.62 bits per heavy atom. The maximum Gasteiger partial charge on any atom is 0.231 e. The van der Waals surface area contributed by atoms with Gasteiger partial charge in [0.2, 0.25) is 11.7 Å². The van der Waals surface area contributed by atoms with Crippen molar-refractivity contribution in [3.63, 3.8) is 0 Å². The molecule has 0 radical (unpaired) electrons. The quantitative estimate of drug-likeness (QED) is 0.116. The third-order valence-corrected chi connectivity index (χ3v) is 8.26. The maximum absolute atomic E-state index is 8.69. The van der Waals surface area contributed by atoms with Crippen LogP contribution in [-0.2, 0) is 19.3 Å². The molecule has 3 aromatic carbocycles. The molecule has 0 unspecified atom stereocenters. The molecule has 0 saturated carbocycles. The maximum atomic E-state index is 8.69. The highest BCUT2D eigenvalue weighted by Gasteiger charge is 2.26. The zero-order chi connectivity index (χ0) is 28.2. The van der Waals surface area contributed by atoms with Crippen LogP contribution in [0.5, 0.6) is 0 Å². The summed E-state index contributed by atoms with van der Waals surface area (Å²) in [7, 11) is 3.97. The lowest BCUT2D eigenvalue weighted by Crippen LogP contribution is -2.16. The number of rotatable bonds is 6. The van der Waals surface area contributed by atoms with Gasteiger partial charge in [-0.1, -0.05) is 64.9 Å². The van der Waals surface area contributed by atoms with E-state index in [1.807, 2.05) is 26.2 Å². The van der Waals surface area contributed by atoms with Gasteiger partial charge in [0.25, 0.3) is 0 Å². The first kappa shape index (κ1) is 27.6. The van der Waals surface area contributed by atoms with E-state index >= 15 is 0 Å². The number of oxime groups is 1. The number of fused-ring (bicyclic) bond motifs is 2. The molecule has 1 aromatic heterocycles. The lowest BCUT2D eigenvalue weighted by molar-refractivity contribution is 0.318. The summed E-state index contributed by atoms with van der Waals surface area (Å²) in [6.07, 6.45) is 4.89. The molecule has 8 heteroatoms. The molecule has 0 saturated heterocycles. The Morgan fingerprint density at radius 1 is 0.950 bits per heavy atom. The fraction of sp³-hybridized carbons (Fsp3) is 0.344. The van der Waals surface area contributed by atoms with E-state index in [0.29, 0.717) is 30.2 Å². The molecule has 0 fully saturated rings. The molecule has 2 aliphatic carbocycles. The molecule has 208 valence electrons. The van der Waals surface area contributed by atoms with E-state index < -0.39 is 0 Å². The average Bonchev–Trinajstić information content (AvgIpc) is 3.72. The molecular weight excluding hydrogens is 500 g/mol. The number of nitrogens with zero attached hydrogens (tertiary/aromatic N) is 3. The Labute approximate surface area is 235 Å². The molecule has 0 spiro atoms. The normalized spacial score (nSPS) is 17.8. The van der Waals surface area contributed by atoms with Crippen molar-refractivity contribution in [3.8, 4) is 11.4 Å². The highest BCUT2D eigenvalue weighted by atomic mass is 16.5. The molecule has 0 aliphatic heterocycles. The third kappa shape index (κ3) is 5.50. The van der Waals surface area contributed by atoms with Gasteiger partial charge >= 0.3 is 0 Å². The highest BCUT2D eigenvalue weighted by molar-refractivity contribution is 5.98. The number of amidine groups is 1. The van der Waals surface area contributed by atoms with E-state index in [-0.39, 0.29) is 5.84 Å². The molecule has 6 rings (SSSR count). The second-order valence-electron chi connectivity index (χ2n) is 10.6.